The molecule has 1 atom stereocenters. The van der Waals surface area contributed by atoms with Crippen LogP contribution in [-0.4, -0.2) is 36.1 Å². The summed E-state index contributed by atoms with van der Waals surface area (Å²) in [5, 5.41) is 9.11. The summed E-state index contributed by atoms with van der Waals surface area (Å²) in [6, 6.07) is 6.46. The number of hydrogen-bond acceptors (Lipinski definition) is 3. The van der Waals surface area contributed by atoms with Gasteiger partial charge in [0.2, 0.25) is 5.91 Å². The summed E-state index contributed by atoms with van der Waals surface area (Å²) in [6.07, 6.45) is 0.558. The van der Waals surface area contributed by atoms with Crippen molar-refractivity contribution in [2.45, 2.75) is 12.5 Å². The second kappa shape index (κ2) is 6.35. The van der Waals surface area contributed by atoms with Crippen LogP contribution in [0.15, 0.2) is 24.3 Å². The summed E-state index contributed by atoms with van der Waals surface area (Å²) in [7, 11) is 3.63. The fourth-order valence-corrected chi connectivity index (χ4v) is 1.39. The molecule has 0 spiro atoms. The maximum Gasteiger partial charge on any atom is 0.235 e. The molecule has 16 heavy (non-hydrogen) atoms. The molecule has 0 saturated carbocycles. The molecule has 0 aliphatic heterocycles. The van der Waals surface area contributed by atoms with Gasteiger partial charge in [-0.3, -0.25) is 9.69 Å². The second-order valence-electron chi connectivity index (χ2n) is 3.75. The van der Waals surface area contributed by atoms with E-state index in [1.807, 2.05) is 14.1 Å². The smallest absolute Gasteiger partial charge is 0.235 e. The number of nitrogens with two attached hydrogens (primary N) is 1. The molecule has 0 aliphatic carbocycles. The van der Waals surface area contributed by atoms with Crippen LogP contribution in [-0.2, 0) is 11.2 Å². The highest BCUT2D eigenvalue weighted by atomic mass is 35.5. The lowest BCUT2D eigenvalue weighted by atomic mass is 10.0. The molecule has 0 fully saturated rings. The molecular formula is C11H17ClN2O2. The maximum absolute atomic E-state index is 11.1. The normalized spacial score (nSPS) is 11.9. The van der Waals surface area contributed by atoms with E-state index in [9.17, 15) is 4.79 Å². The number of rotatable bonds is 4. The minimum Gasteiger partial charge on any atom is -0.508 e. The summed E-state index contributed by atoms with van der Waals surface area (Å²) < 4.78 is 0. The van der Waals surface area contributed by atoms with Crippen LogP contribution in [0, 0.1) is 0 Å². The molecular weight excluding hydrogens is 228 g/mol. The first-order chi connectivity index (χ1) is 7.00. The van der Waals surface area contributed by atoms with Crippen molar-refractivity contribution in [2.75, 3.05) is 14.1 Å². The van der Waals surface area contributed by atoms with Crippen molar-refractivity contribution in [1.29, 1.82) is 0 Å². The standard InChI is InChI=1S/C11H16N2O2.ClH/c1-13(2)10(11(12)15)7-8-3-5-9(14)6-4-8;/h3-6,10,14H,7H2,1-2H3,(H2,12,15);1H/t10-;/m0./s1. The number of carbonyl (C=O) groups is 1. The molecule has 3 N–H and O–H groups in total. The van der Waals surface area contributed by atoms with Crippen LogP contribution in [0.4, 0.5) is 0 Å². The van der Waals surface area contributed by atoms with E-state index < -0.39 is 0 Å². The first-order valence-electron chi connectivity index (χ1n) is 4.74. The summed E-state index contributed by atoms with van der Waals surface area (Å²) >= 11 is 0. The van der Waals surface area contributed by atoms with Gasteiger partial charge in [-0.15, -0.1) is 12.4 Å². The van der Waals surface area contributed by atoms with Crippen LogP contribution in [0.3, 0.4) is 0 Å². The number of phenolic OH excluding ortho intramolecular Hbond substituents is 1. The number of primary amides is 1. The first-order valence-corrected chi connectivity index (χ1v) is 4.74. The van der Waals surface area contributed by atoms with Gasteiger partial charge in [0.1, 0.15) is 5.75 Å². The highest BCUT2D eigenvalue weighted by Crippen LogP contribution is 2.12. The number of hydrogen-bond donors (Lipinski definition) is 2. The SMILES string of the molecule is CN(C)[C@@H](Cc1ccc(O)cc1)C(N)=O.Cl. The summed E-state index contributed by atoms with van der Waals surface area (Å²) in [5.74, 6) is -0.118. The minimum absolute atomic E-state index is 0. The van der Waals surface area contributed by atoms with Gasteiger partial charge in [-0.2, -0.15) is 0 Å². The average molecular weight is 245 g/mol. The van der Waals surface area contributed by atoms with Gasteiger partial charge in [0.25, 0.3) is 0 Å². The van der Waals surface area contributed by atoms with Crippen LogP contribution in [0.25, 0.3) is 0 Å². The van der Waals surface area contributed by atoms with Crippen LogP contribution in [0.2, 0.25) is 0 Å². The molecule has 1 aromatic rings. The summed E-state index contributed by atoms with van der Waals surface area (Å²) in [4.78, 5) is 12.9. The quantitative estimate of drug-likeness (QED) is 0.822. The third-order valence-corrected chi connectivity index (χ3v) is 2.32. The molecule has 0 unspecified atom stereocenters. The zero-order valence-electron chi connectivity index (χ0n) is 9.38. The fraction of sp³-hybridized carbons (Fsp3) is 0.364. The van der Waals surface area contributed by atoms with E-state index in [1.165, 1.54) is 0 Å². The van der Waals surface area contributed by atoms with Crippen molar-refractivity contribution in [3.8, 4) is 5.75 Å². The Bertz CT molecular complexity index is 338. The van der Waals surface area contributed by atoms with E-state index in [4.69, 9.17) is 10.8 Å². The molecule has 1 amide bonds. The van der Waals surface area contributed by atoms with Crippen LogP contribution < -0.4 is 5.73 Å². The monoisotopic (exact) mass is 244 g/mol. The van der Waals surface area contributed by atoms with E-state index >= 15 is 0 Å². The van der Waals surface area contributed by atoms with Crippen LogP contribution in [0.5, 0.6) is 5.75 Å². The minimum atomic E-state index is -0.340. The molecule has 90 valence electrons. The Balaban J connectivity index is 0.00000225. The lowest BCUT2D eigenvalue weighted by molar-refractivity contribution is -0.122. The van der Waals surface area contributed by atoms with Crippen molar-refractivity contribution < 1.29 is 9.90 Å². The molecule has 5 heteroatoms. The fourth-order valence-electron chi connectivity index (χ4n) is 1.39. The van der Waals surface area contributed by atoms with E-state index in [0.717, 1.165) is 5.56 Å². The van der Waals surface area contributed by atoms with Gasteiger partial charge in [0, 0.05) is 0 Å². The van der Waals surface area contributed by atoms with Gasteiger partial charge in [0.15, 0.2) is 0 Å². The topological polar surface area (TPSA) is 66.6 Å². The van der Waals surface area contributed by atoms with E-state index in [1.54, 1.807) is 29.2 Å². The molecule has 0 bridgehead atoms. The molecule has 0 heterocycles. The van der Waals surface area contributed by atoms with Gasteiger partial charge < -0.3 is 10.8 Å². The Kier molecular flexibility index (Phi) is 5.85. The maximum atomic E-state index is 11.1. The van der Waals surface area contributed by atoms with Gasteiger partial charge in [-0.05, 0) is 38.2 Å². The Morgan fingerprint density at radius 1 is 1.38 bits per heavy atom. The van der Waals surface area contributed by atoms with Gasteiger partial charge in [0.05, 0.1) is 6.04 Å². The Labute approximate surface area is 101 Å². The van der Waals surface area contributed by atoms with Crippen LogP contribution >= 0.6 is 12.4 Å². The van der Waals surface area contributed by atoms with Crippen LogP contribution in [0.1, 0.15) is 5.56 Å². The summed E-state index contributed by atoms with van der Waals surface area (Å²) in [5.41, 5.74) is 6.26. The lowest BCUT2D eigenvalue weighted by Gasteiger charge is -2.20. The number of amides is 1. The zero-order valence-corrected chi connectivity index (χ0v) is 10.2. The first kappa shape index (κ1) is 14.7. The number of carbonyl (C=O) groups excluding carboxylic acids is 1. The van der Waals surface area contributed by atoms with Crippen molar-refractivity contribution in [3.63, 3.8) is 0 Å². The zero-order chi connectivity index (χ0) is 11.4. The highest BCUT2D eigenvalue weighted by Gasteiger charge is 2.17. The van der Waals surface area contributed by atoms with E-state index in [-0.39, 0.29) is 30.1 Å². The highest BCUT2D eigenvalue weighted by molar-refractivity contribution is 5.85. The molecule has 1 aromatic carbocycles. The molecule has 0 radical (unpaired) electrons. The van der Waals surface area contributed by atoms with E-state index in [0.29, 0.717) is 6.42 Å². The third-order valence-electron chi connectivity index (χ3n) is 2.32. The van der Waals surface area contributed by atoms with Crippen molar-refractivity contribution in [3.05, 3.63) is 29.8 Å². The lowest BCUT2D eigenvalue weighted by Crippen LogP contribution is -2.41. The second-order valence-corrected chi connectivity index (χ2v) is 3.75. The predicted molar refractivity (Wildman–Crippen MR) is 65.7 cm³/mol. The predicted octanol–water partition coefficient (Wildman–Crippen LogP) is 0.772. The number of halogens is 1. The number of likely N-dealkylation sites (N-methyl/N-ethyl adjacent to an activating group) is 1. The molecule has 1 rings (SSSR count). The number of aromatic hydroxyl groups is 1. The van der Waals surface area contributed by atoms with Gasteiger partial charge in [-0.1, -0.05) is 12.1 Å². The van der Waals surface area contributed by atoms with Crippen molar-refractivity contribution >= 4 is 18.3 Å². The third kappa shape index (κ3) is 4.08. The molecule has 0 saturated heterocycles. The summed E-state index contributed by atoms with van der Waals surface area (Å²) in [6.45, 7) is 0. The number of nitrogens with zero attached hydrogens (tertiary/aromatic N) is 1. The number of phenols is 1. The largest absolute Gasteiger partial charge is 0.508 e. The Morgan fingerprint density at radius 3 is 2.25 bits per heavy atom. The van der Waals surface area contributed by atoms with Gasteiger partial charge in [-0.25, -0.2) is 0 Å². The Hall–Kier alpha value is -1.26. The molecule has 4 nitrogen and oxygen atoms in total. The van der Waals surface area contributed by atoms with Crippen molar-refractivity contribution in [1.82, 2.24) is 4.90 Å². The number of benzene rings is 1. The molecule has 0 aliphatic rings. The molecule has 0 aromatic heterocycles. The van der Waals surface area contributed by atoms with Crippen molar-refractivity contribution in [2.24, 2.45) is 5.73 Å². The van der Waals surface area contributed by atoms with Gasteiger partial charge >= 0.3 is 0 Å². The Morgan fingerprint density at radius 2 is 1.88 bits per heavy atom. The average Bonchev–Trinajstić information content (AvgIpc) is 2.15. The van der Waals surface area contributed by atoms with E-state index in [2.05, 4.69) is 0 Å².